The number of esters is 3. The van der Waals surface area contributed by atoms with Gasteiger partial charge in [0.1, 0.15) is 13.2 Å². The molecule has 1 atom stereocenters. The Bertz CT molecular complexity index is 1380. The van der Waals surface area contributed by atoms with Crippen LogP contribution >= 0.6 is 0 Å². The SMILES string of the molecule is CC/C=C\C/C=C\C/C=C\C/C=C\CCCCCCCCCCCCCCC(=O)OCC(COC(=O)CCCCCCCCCCCCCC)OC(=O)CCCCCCCCCCCCCCCCCCCCCCCCCCC. The lowest BCUT2D eigenvalue weighted by atomic mass is 10.0. The van der Waals surface area contributed by atoms with Gasteiger partial charge in [0.15, 0.2) is 6.10 Å². The number of hydrogen-bond donors (Lipinski definition) is 0. The molecule has 0 rings (SSSR count). The number of rotatable bonds is 66. The van der Waals surface area contributed by atoms with Crippen molar-refractivity contribution in [3.05, 3.63) is 48.6 Å². The number of allylic oxidation sites excluding steroid dienone is 8. The first-order chi connectivity index (χ1) is 39.5. The van der Waals surface area contributed by atoms with Gasteiger partial charge in [0.25, 0.3) is 0 Å². The van der Waals surface area contributed by atoms with Crippen molar-refractivity contribution in [3.8, 4) is 0 Å². The Kier molecular flexibility index (Phi) is 66.6. The Hall–Kier alpha value is -2.63. The minimum Gasteiger partial charge on any atom is -0.462 e. The zero-order valence-corrected chi connectivity index (χ0v) is 53.9. The summed E-state index contributed by atoms with van der Waals surface area (Å²) >= 11 is 0. The van der Waals surface area contributed by atoms with Gasteiger partial charge < -0.3 is 14.2 Å². The van der Waals surface area contributed by atoms with Crippen molar-refractivity contribution in [3.63, 3.8) is 0 Å². The molecule has 0 fully saturated rings. The summed E-state index contributed by atoms with van der Waals surface area (Å²) in [5.41, 5.74) is 0. The fourth-order valence-corrected chi connectivity index (χ4v) is 10.8. The third-order valence-corrected chi connectivity index (χ3v) is 16.1. The van der Waals surface area contributed by atoms with Gasteiger partial charge in [0, 0.05) is 19.3 Å². The molecular weight excluding hydrogens is 985 g/mol. The summed E-state index contributed by atoms with van der Waals surface area (Å²) in [6.45, 7) is 6.60. The maximum Gasteiger partial charge on any atom is 0.306 e. The van der Waals surface area contributed by atoms with E-state index in [9.17, 15) is 14.4 Å². The van der Waals surface area contributed by atoms with Gasteiger partial charge >= 0.3 is 17.9 Å². The van der Waals surface area contributed by atoms with E-state index in [1.807, 2.05) is 0 Å². The van der Waals surface area contributed by atoms with Crippen molar-refractivity contribution in [2.45, 2.75) is 393 Å². The summed E-state index contributed by atoms with van der Waals surface area (Å²) in [5.74, 6) is -0.841. The predicted molar refractivity (Wildman–Crippen MR) is 349 cm³/mol. The highest BCUT2D eigenvalue weighted by Gasteiger charge is 2.19. The Morgan fingerprint density at radius 1 is 0.263 bits per heavy atom. The maximum atomic E-state index is 13.0. The lowest BCUT2D eigenvalue weighted by Crippen LogP contribution is -2.30. The summed E-state index contributed by atoms with van der Waals surface area (Å²) in [5, 5.41) is 0. The van der Waals surface area contributed by atoms with Gasteiger partial charge in [-0.3, -0.25) is 14.4 Å². The van der Waals surface area contributed by atoms with Gasteiger partial charge in [-0.2, -0.15) is 0 Å². The van der Waals surface area contributed by atoms with E-state index in [4.69, 9.17) is 14.2 Å². The van der Waals surface area contributed by atoms with Gasteiger partial charge in [0.2, 0.25) is 0 Å². The van der Waals surface area contributed by atoms with Gasteiger partial charge in [-0.25, -0.2) is 0 Å². The molecule has 0 amide bonds. The molecule has 0 saturated carbocycles. The van der Waals surface area contributed by atoms with Crippen molar-refractivity contribution in [1.82, 2.24) is 0 Å². The molecule has 0 aliphatic carbocycles. The van der Waals surface area contributed by atoms with Crippen LogP contribution in [0.4, 0.5) is 0 Å². The van der Waals surface area contributed by atoms with E-state index >= 15 is 0 Å². The molecule has 0 spiro atoms. The maximum absolute atomic E-state index is 13.0. The quantitative estimate of drug-likeness (QED) is 0.0261. The van der Waals surface area contributed by atoms with Gasteiger partial charge in [0.05, 0.1) is 0 Å². The molecule has 0 aliphatic rings. The number of ether oxygens (including phenoxy) is 3. The number of unbranched alkanes of at least 4 members (excludes halogenated alkanes) is 47. The highest BCUT2D eigenvalue weighted by Crippen LogP contribution is 2.19. The average Bonchev–Trinajstić information content (AvgIpc) is 3.46. The number of hydrogen-bond acceptors (Lipinski definition) is 6. The van der Waals surface area contributed by atoms with E-state index < -0.39 is 6.10 Å². The van der Waals surface area contributed by atoms with Crippen molar-refractivity contribution < 1.29 is 28.6 Å². The first-order valence-electron chi connectivity index (χ1n) is 35.6. The summed E-state index contributed by atoms with van der Waals surface area (Å²) in [6, 6.07) is 0. The van der Waals surface area contributed by atoms with Crippen LogP contribution in [0.5, 0.6) is 0 Å². The summed E-state index contributed by atoms with van der Waals surface area (Å²) in [7, 11) is 0. The zero-order valence-electron chi connectivity index (χ0n) is 53.9. The van der Waals surface area contributed by atoms with Crippen molar-refractivity contribution in [1.29, 1.82) is 0 Å². The summed E-state index contributed by atoms with van der Waals surface area (Å²) in [6.07, 6.45) is 87.2. The summed E-state index contributed by atoms with van der Waals surface area (Å²) < 4.78 is 17.0. The minimum atomic E-state index is -0.771. The molecule has 0 aromatic heterocycles. The third-order valence-electron chi connectivity index (χ3n) is 16.1. The Morgan fingerprint density at radius 2 is 0.487 bits per heavy atom. The molecular formula is C74H136O6. The zero-order chi connectivity index (χ0) is 57.8. The van der Waals surface area contributed by atoms with Crippen LogP contribution in [0, 0.1) is 0 Å². The first kappa shape index (κ1) is 77.4. The Labute approximate surface area is 498 Å². The van der Waals surface area contributed by atoms with Crippen LogP contribution < -0.4 is 0 Å². The second-order valence-electron chi connectivity index (χ2n) is 24.1. The minimum absolute atomic E-state index is 0.0672. The standard InChI is InChI=1S/C74H136O6/c1-4-7-10-13-16-19-22-25-27-29-31-33-35-37-39-41-43-45-47-49-52-55-58-61-64-67-73(76)79-70-71(69-78-72(75)66-63-60-57-54-51-24-21-18-15-12-9-6-3)80-74(77)68-65-62-59-56-53-50-48-46-44-42-40-38-36-34-32-30-28-26-23-20-17-14-11-8-5-2/h7,10,16,19,25,27,31,33,71H,4-6,8-9,11-15,17-18,20-24,26,28-30,32,34-70H2,1-3H3/b10-7-,19-16-,27-25-,33-31-. The van der Waals surface area contributed by atoms with Crippen LogP contribution in [-0.4, -0.2) is 37.2 Å². The normalized spacial score (nSPS) is 12.3. The topological polar surface area (TPSA) is 78.9 Å². The van der Waals surface area contributed by atoms with E-state index in [1.165, 1.54) is 263 Å². The van der Waals surface area contributed by atoms with Crippen molar-refractivity contribution >= 4 is 17.9 Å². The first-order valence-corrected chi connectivity index (χ1v) is 35.6. The van der Waals surface area contributed by atoms with Gasteiger partial charge in [-0.15, -0.1) is 0 Å². The molecule has 0 N–H and O–H groups in total. The smallest absolute Gasteiger partial charge is 0.306 e. The third kappa shape index (κ3) is 66.2. The van der Waals surface area contributed by atoms with Gasteiger partial charge in [-0.1, -0.05) is 358 Å². The van der Waals surface area contributed by atoms with E-state index in [2.05, 4.69) is 69.4 Å². The van der Waals surface area contributed by atoms with E-state index in [1.54, 1.807) is 0 Å². The molecule has 468 valence electrons. The second kappa shape index (κ2) is 68.9. The van der Waals surface area contributed by atoms with Crippen LogP contribution in [0.25, 0.3) is 0 Å². The molecule has 1 unspecified atom stereocenters. The molecule has 0 aliphatic heterocycles. The molecule has 0 heterocycles. The van der Waals surface area contributed by atoms with E-state index in [0.29, 0.717) is 19.3 Å². The molecule has 0 aromatic rings. The fraction of sp³-hybridized carbons (Fsp3) is 0.851. The summed E-state index contributed by atoms with van der Waals surface area (Å²) in [4.78, 5) is 38.4. The Morgan fingerprint density at radius 3 is 0.762 bits per heavy atom. The molecule has 0 radical (unpaired) electrons. The van der Waals surface area contributed by atoms with Crippen LogP contribution in [0.15, 0.2) is 48.6 Å². The Balaban J connectivity index is 4.20. The lowest BCUT2D eigenvalue weighted by Gasteiger charge is -2.18. The molecule has 6 nitrogen and oxygen atoms in total. The van der Waals surface area contributed by atoms with Crippen LogP contribution in [0.2, 0.25) is 0 Å². The molecule has 6 heteroatoms. The number of carbonyl (C=O) groups excluding carboxylic acids is 3. The monoisotopic (exact) mass is 1120 g/mol. The largest absolute Gasteiger partial charge is 0.462 e. The highest BCUT2D eigenvalue weighted by atomic mass is 16.6. The highest BCUT2D eigenvalue weighted by molar-refractivity contribution is 5.71. The predicted octanol–water partition coefficient (Wildman–Crippen LogP) is 24.5. The van der Waals surface area contributed by atoms with Gasteiger partial charge in [-0.05, 0) is 57.8 Å². The van der Waals surface area contributed by atoms with Crippen LogP contribution in [-0.2, 0) is 28.6 Å². The molecule has 0 saturated heterocycles. The fourth-order valence-electron chi connectivity index (χ4n) is 10.8. The van der Waals surface area contributed by atoms with E-state index in [0.717, 1.165) is 83.5 Å². The van der Waals surface area contributed by atoms with Crippen molar-refractivity contribution in [2.24, 2.45) is 0 Å². The molecule has 0 bridgehead atoms. The van der Waals surface area contributed by atoms with Crippen molar-refractivity contribution in [2.75, 3.05) is 13.2 Å². The lowest BCUT2D eigenvalue weighted by molar-refractivity contribution is -0.167. The van der Waals surface area contributed by atoms with Crippen LogP contribution in [0.1, 0.15) is 387 Å². The second-order valence-corrected chi connectivity index (χ2v) is 24.1. The number of carbonyl (C=O) groups is 3. The van der Waals surface area contributed by atoms with E-state index in [-0.39, 0.29) is 31.1 Å². The molecule has 0 aromatic carbocycles. The average molecular weight is 1120 g/mol. The van der Waals surface area contributed by atoms with Crippen LogP contribution in [0.3, 0.4) is 0 Å². The molecule has 80 heavy (non-hydrogen) atoms.